The van der Waals surface area contributed by atoms with Crippen LogP contribution in [0.15, 0.2) is 72.4 Å². The Balaban J connectivity index is 1.22. The fourth-order valence-electron chi connectivity index (χ4n) is 4.02. The molecule has 3 N–H and O–H groups in total. The van der Waals surface area contributed by atoms with Crippen LogP contribution < -0.4 is 20.7 Å². The van der Waals surface area contributed by atoms with Crippen molar-refractivity contribution in [1.82, 2.24) is 20.3 Å². The van der Waals surface area contributed by atoms with E-state index in [2.05, 4.69) is 20.3 Å². The van der Waals surface area contributed by atoms with Crippen molar-refractivity contribution in [3.8, 4) is 12.1 Å². The van der Waals surface area contributed by atoms with Gasteiger partial charge >= 0.3 is 18.1 Å². The second-order valence-electron chi connectivity index (χ2n) is 11.1. The number of benzene rings is 2. The van der Waals surface area contributed by atoms with Gasteiger partial charge < -0.3 is 30.2 Å². The van der Waals surface area contributed by atoms with Crippen molar-refractivity contribution >= 4 is 40.5 Å². The number of nitrogens with one attached hydrogen (secondary N) is 1. The van der Waals surface area contributed by atoms with Crippen LogP contribution in [-0.2, 0) is 27.4 Å². The molecule has 2 aromatic heterocycles. The van der Waals surface area contributed by atoms with Crippen LogP contribution in [0, 0.1) is 11.3 Å². The van der Waals surface area contributed by atoms with E-state index in [0.717, 1.165) is 22.2 Å². The molecule has 1 amide bonds. The predicted molar refractivity (Wildman–Crippen MR) is 170 cm³/mol. The third-order valence-electron chi connectivity index (χ3n) is 6.31. The number of carbonyl (C=O) groups is 2. The van der Waals surface area contributed by atoms with Crippen molar-refractivity contribution in [1.29, 1.82) is 5.26 Å². The van der Waals surface area contributed by atoms with Crippen LogP contribution >= 0.6 is 0 Å². The molecule has 4 rings (SSSR count). The number of alkyl carbamates (subject to hydrolysis) is 1. The van der Waals surface area contributed by atoms with E-state index in [9.17, 15) is 14.9 Å². The summed E-state index contributed by atoms with van der Waals surface area (Å²) >= 11 is 0. The van der Waals surface area contributed by atoms with Crippen LogP contribution in [0.1, 0.15) is 37.6 Å². The molecule has 2 aromatic carbocycles. The Labute approximate surface area is 261 Å². The Kier molecular flexibility index (Phi) is 10.5. The molecule has 232 valence electrons. The number of pyridine rings is 1. The molecule has 0 unspecified atom stereocenters. The number of hydrogen-bond acceptors (Lipinski definition) is 11. The Morgan fingerprint density at radius 1 is 1.04 bits per heavy atom. The molecule has 0 saturated carbocycles. The number of anilines is 2. The maximum atomic E-state index is 12.3. The van der Waals surface area contributed by atoms with Crippen molar-refractivity contribution in [3.63, 3.8) is 0 Å². The first kappa shape index (κ1) is 32.2. The number of likely N-dealkylation sites (N-methyl/N-ethyl adjacent to an activating group) is 1. The number of ether oxygens (including phenoxy) is 3. The Bertz CT molecular complexity index is 1730. The van der Waals surface area contributed by atoms with Crippen molar-refractivity contribution < 1.29 is 23.8 Å². The van der Waals surface area contributed by atoms with E-state index in [4.69, 9.17) is 19.9 Å². The van der Waals surface area contributed by atoms with Crippen molar-refractivity contribution in [2.75, 3.05) is 30.8 Å². The number of nitrogens with two attached hydrogens (primary N) is 1. The second kappa shape index (κ2) is 14.7. The van der Waals surface area contributed by atoms with E-state index in [1.807, 2.05) is 66.5 Å². The number of esters is 1. The van der Waals surface area contributed by atoms with E-state index >= 15 is 0 Å². The third-order valence-corrected chi connectivity index (χ3v) is 6.31. The summed E-state index contributed by atoms with van der Waals surface area (Å²) in [6, 6.07) is 20.6. The molecule has 0 saturated heterocycles. The number of fused-ring (bicyclic) bond motifs is 1. The smallest absolute Gasteiger partial charge is 0.407 e. The van der Waals surface area contributed by atoms with Gasteiger partial charge in [0.25, 0.3) is 0 Å². The molecule has 0 aliphatic heterocycles. The van der Waals surface area contributed by atoms with E-state index in [0.29, 0.717) is 30.1 Å². The summed E-state index contributed by atoms with van der Waals surface area (Å²) in [5.74, 6) is -0.354. The van der Waals surface area contributed by atoms with Crippen molar-refractivity contribution in [2.45, 2.75) is 39.5 Å². The molecule has 0 fully saturated rings. The van der Waals surface area contributed by atoms with Gasteiger partial charge in [0.1, 0.15) is 36.3 Å². The SMILES string of the molecule is CN(CCOC(=O)NCc1ccc(COc2nccc(N)n2)cc1)c1ccc2nc(/C=C(\C#N)C(=O)OC(C)(C)C)ccc2c1. The topological polar surface area (TPSA) is 166 Å². The maximum absolute atomic E-state index is 12.3. The zero-order valence-corrected chi connectivity index (χ0v) is 25.6. The predicted octanol–water partition coefficient (Wildman–Crippen LogP) is 4.80. The standard InChI is InChI=1S/C33H35N7O5/c1-33(2,3)45-30(41)25(19-34)17-26-10-9-24-18-27(11-12-28(24)38-26)40(4)15-16-43-32(42)37-20-22-5-7-23(8-6-22)21-44-31-36-14-13-29(35)39-31/h5-14,17-18H,15-16,20-21H2,1-4H3,(H,37,42)(H2,35,36,39)/b25-17+. The quantitative estimate of drug-likeness (QED) is 0.136. The number of amides is 1. The van der Waals surface area contributed by atoms with Gasteiger partial charge in [0.05, 0.1) is 17.8 Å². The number of nitrogens with zero attached hydrogens (tertiary/aromatic N) is 5. The maximum Gasteiger partial charge on any atom is 0.407 e. The minimum absolute atomic E-state index is 0.123. The Morgan fingerprint density at radius 2 is 1.80 bits per heavy atom. The van der Waals surface area contributed by atoms with Gasteiger partial charge in [0.2, 0.25) is 0 Å². The van der Waals surface area contributed by atoms with Gasteiger partial charge in [-0.1, -0.05) is 30.3 Å². The minimum Gasteiger partial charge on any atom is -0.459 e. The highest BCUT2D eigenvalue weighted by Crippen LogP contribution is 2.22. The number of carbonyl (C=O) groups excluding carboxylic acids is 2. The fraction of sp³-hybridized carbons (Fsp3) is 0.273. The molecule has 0 spiro atoms. The number of nitrogen functional groups attached to an aromatic ring is 1. The van der Waals surface area contributed by atoms with Crippen LogP contribution in [0.3, 0.4) is 0 Å². The lowest BCUT2D eigenvalue weighted by atomic mass is 10.1. The second-order valence-corrected chi connectivity index (χ2v) is 11.1. The molecule has 12 heteroatoms. The molecule has 45 heavy (non-hydrogen) atoms. The summed E-state index contributed by atoms with van der Waals surface area (Å²) in [4.78, 5) is 39.1. The highest BCUT2D eigenvalue weighted by molar-refractivity contribution is 5.98. The largest absolute Gasteiger partial charge is 0.459 e. The molecular formula is C33H35N7O5. The molecule has 0 aliphatic carbocycles. The molecule has 0 radical (unpaired) electrons. The monoisotopic (exact) mass is 609 g/mol. The van der Waals surface area contributed by atoms with Crippen molar-refractivity contribution in [2.24, 2.45) is 0 Å². The van der Waals surface area contributed by atoms with Crippen LogP contribution in [0.25, 0.3) is 17.0 Å². The minimum atomic E-state index is -0.707. The lowest BCUT2D eigenvalue weighted by molar-refractivity contribution is -0.149. The number of hydrogen-bond donors (Lipinski definition) is 2. The molecule has 0 aliphatic rings. The molecule has 0 atom stereocenters. The average molecular weight is 610 g/mol. The van der Waals surface area contributed by atoms with Gasteiger partial charge in [-0.25, -0.2) is 19.6 Å². The first-order valence-electron chi connectivity index (χ1n) is 14.2. The van der Waals surface area contributed by atoms with Crippen LogP contribution in [-0.4, -0.2) is 52.8 Å². The normalized spacial score (nSPS) is 11.4. The first-order valence-corrected chi connectivity index (χ1v) is 14.2. The van der Waals surface area contributed by atoms with Crippen LogP contribution in [0.5, 0.6) is 6.01 Å². The van der Waals surface area contributed by atoms with Gasteiger partial charge in [-0.05, 0) is 68.3 Å². The Morgan fingerprint density at radius 3 is 2.51 bits per heavy atom. The van der Waals surface area contributed by atoms with Gasteiger partial charge in [-0.2, -0.15) is 10.2 Å². The molecule has 12 nitrogen and oxygen atoms in total. The third kappa shape index (κ3) is 9.93. The zero-order valence-electron chi connectivity index (χ0n) is 25.6. The molecule has 2 heterocycles. The molecule has 4 aromatic rings. The zero-order chi connectivity index (χ0) is 32.4. The summed E-state index contributed by atoms with van der Waals surface area (Å²) in [5, 5.41) is 13.0. The van der Waals surface area contributed by atoms with E-state index in [1.165, 1.54) is 12.3 Å². The van der Waals surface area contributed by atoms with Gasteiger partial charge in [0.15, 0.2) is 0 Å². The highest BCUT2D eigenvalue weighted by Gasteiger charge is 2.20. The number of aromatic nitrogens is 3. The lowest BCUT2D eigenvalue weighted by Crippen LogP contribution is -2.28. The summed E-state index contributed by atoms with van der Waals surface area (Å²) < 4.78 is 16.2. The van der Waals surface area contributed by atoms with E-state index in [-0.39, 0.29) is 24.8 Å². The summed E-state index contributed by atoms with van der Waals surface area (Å²) in [6.45, 7) is 6.49. The van der Waals surface area contributed by atoms with Crippen LogP contribution in [0.4, 0.5) is 16.3 Å². The van der Waals surface area contributed by atoms with Gasteiger partial charge in [-0.3, -0.25) is 0 Å². The first-order chi connectivity index (χ1) is 21.5. The Hall–Kier alpha value is -5.70. The van der Waals surface area contributed by atoms with Gasteiger partial charge in [0, 0.05) is 30.9 Å². The summed E-state index contributed by atoms with van der Waals surface area (Å²) in [6.07, 6.45) is 2.44. The number of rotatable bonds is 11. The fourth-order valence-corrected chi connectivity index (χ4v) is 4.02. The van der Waals surface area contributed by atoms with E-state index < -0.39 is 17.7 Å². The van der Waals surface area contributed by atoms with Gasteiger partial charge in [-0.15, -0.1) is 0 Å². The lowest BCUT2D eigenvalue weighted by Gasteiger charge is -2.20. The summed E-state index contributed by atoms with van der Waals surface area (Å²) in [7, 11) is 1.90. The highest BCUT2D eigenvalue weighted by atomic mass is 16.6. The van der Waals surface area contributed by atoms with Crippen LogP contribution in [0.2, 0.25) is 0 Å². The van der Waals surface area contributed by atoms with Crippen molar-refractivity contribution in [3.05, 3.63) is 89.3 Å². The average Bonchev–Trinajstić information content (AvgIpc) is 3.01. The van der Waals surface area contributed by atoms with E-state index in [1.54, 1.807) is 32.9 Å². The summed E-state index contributed by atoms with van der Waals surface area (Å²) in [5.41, 5.74) is 8.72. The molecule has 0 bridgehead atoms. The number of nitriles is 1. The molecular weight excluding hydrogens is 574 g/mol.